The molecule has 0 bridgehead atoms. The van der Waals surface area contributed by atoms with Crippen molar-refractivity contribution in [2.24, 2.45) is 0 Å². The van der Waals surface area contributed by atoms with Crippen molar-refractivity contribution in [3.05, 3.63) is 0 Å². The summed E-state index contributed by atoms with van der Waals surface area (Å²) in [5, 5.41) is 11.7. The van der Waals surface area contributed by atoms with E-state index in [1.54, 1.807) is 4.90 Å². The number of hydrogen-bond acceptors (Lipinski definition) is 3. The number of carbonyl (C=O) groups is 2. The fourth-order valence-corrected chi connectivity index (χ4v) is 2.31. The summed E-state index contributed by atoms with van der Waals surface area (Å²) in [5.74, 6) is -0.0397. The van der Waals surface area contributed by atoms with E-state index in [1.807, 2.05) is 13.8 Å². The number of aliphatic hydroxyl groups excluding tert-OH is 1. The lowest BCUT2D eigenvalue weighted by Crippen LogP contribution is -2.53. The zero-order valence-electron chi connectivity index (χ0n) is 11.3. The SMILES string of the molecule is CCC(=O)N1CCCCC1C(=O)NC(C)CCO. The summed E-state index contributed by atoms with van der Waals surface area (Å²) in [5.41, 5.74) is 0. The fraction of sp³-hybridized carbons (Fsp3) is 0.846. The molecular weight excluding hydrogens is 232 g/mol. The van der Waals surface area contributed by atoms with Crippen LogP contribution < -0.4 is 5.32 Å². The molecule has 1 saturated heterocycles. The van der Waals surface area contributed by atoms with Crippen molar-refractivity contribution in [2.75, 3.05) is 13.2 Å². The van der Waals surface area contributed by atoms with E-state index in [9.17, 15) is 9.59 Å². The van der Waals surface area contributed by atoms with Crippen molar-refractivity contribution >= 4 is 11.8 Å². The summed E-state index contributed by atoms with van der Waals surface area (Å²) in [7, 11) is 0. The summed E-state index contributed by atoms with van der Waals surface area (Å²) in [6, 6.07) is -0.379. The van der Waals surface area contributed by atoms with Crippen LogP contribution in [0.4, 0.5) is 0 Å². The molecule has 1 rings (SSSR count). The van der Waals surface area contributed by atoms with E-state index in [2.05, 4.69) is 5.32 Å². The van der Waals surface area contributed by atoms with Gasteiger partial charge in [0.2, 0.25) is 11.8 Å². The average Bonchev–Trinajstić information content (AvgIpc) is 2.38. The molecule has 1 aliphatic heterocycles. The van der Waals surface area contributed by atoms with Crippen LogP contribution in [0.25, 0.3) is 0 Å². The van der Waals surface area contributed by atoms with Crippen molar-refractivity contribution in [1.82, 2.24) is 10.2 Å². The molecule has 0 aromatic carbocycles. The zero-order valence-corrected chi connectivity index (χ0v) is 11.3. The monoisotopic (exact) mass is 256 g/mol. The summed E-state index contributed by atoms with van der Waals surface area (Å²) in [4.78, 5) is 25.6. The quantitative estimate of drug-likeness (QED) is 0.759. The normalized spacial score (nSPS) is 21.5. The van der Waals surface area contributed by atoms with Gasteiger partial charge in [0, 0.05) is 25.6 Å². The van der Waals surface area contributed by atoms with Crippen LogP contribution in [0.1, 0.15) is 46.0 Å². The Morgan fingerprint density at radius 2 is 2.17 bits per heavy atom. The Hall–Kier alpha value is -1.10. The predicted octanol–water partition coefficient (Wildman–Crippen LogP) is 0.665. The van der Waals surface area contributed by atoms with Crippen LogP contribution in [-0.2, 0) is 9.59 Å². The molecule has 2 N–H and O–H groups in total. The summed E-state index contributed by atoms with van der Waals surface area (Å²) in [6.45, 7) is 4.42. The van der Waals surface area contributed by atoms with Crippen molar-refractivity contribution in [1.29, 1.82) is 0 Å². The zero-order chi connectivity index (χ0) is 13.5. The van der Waals surface area contributed by atoms with Gasteiger partial charge in [0.15, 0.2) is 0 Å². The Morgan fingerprint density at radius 3 is 2.78 bits per heavy atom. The molecule has 18 heavy (non-hydrogen) atoms. The predicted molar refractivity (Wildman–Crippen MR) is 69.0 cm³/mol. The van der Waals surface area contributed by atoms with Crippen molar-refractivity contribution in [2.45, 2.75) is 58.0 Å². The lowest BCUT2D eigenvalue weighted by Gasteiger charge is -2.35. The van der Waals surface area contributed by atoms with Crippen molar-refractivity contribution in [3.63, 3.8) is 0 Å². The third kappa shape index (κ3) is 3.98. The molecule has 1 heterocycles. The first kappa shape index (κ1) is 15.0. The molecule has 104 valence electrons. The third-order valence-corrected chi connectivity index (χ3v) is 3.38. The molecule has 0 spiro atoms. The van der Waals surface area contributed by atoms with Gasteiger partial charge >= 0.3 is 0 Å². The van der Waals surface area contributed by atoms with Gasteiger partial charge in [-0.2, -0.15) is 0 Å². The minimum atomic E-state index is -0.327. The molecule has 0 aromatic heterocycles. The van der Waals surface area contributed by atoms with Crippen LogP contribution in [0.5, 0.6) is 0 Å². The van der Waals surface area contributed by atoms with Crippen LogP contribution >= 0.6 is 0 Å². The van der Waals surface area contributed by atoms with Gasteiger partial charge in [0.25, 0.3) is 0 Å². The van der Waals surface area contributed by atoms with Gasteiger partial charge in [-0.15, -0.1) is 0 Å². The highest BCUT2D eigenvalue weighted by molar-refractivity contribution is 5.87. The van der Waals surface area contributed by atoms with E-state index in [1.165, 1.54) is 0 Å². The molecule has 2 amide bonds. The van der Waals surface area contributed by atoms with Gasteiger partial charge in [-0.25, -0.2) is 0 Å². The summed E-state index contributed by atoms with van der Waals surface area (Å²) < 4.78 is 0. The fourth-order valence-electron chi connectivity index (χ4n) is 2.31. The van der Waals surface area contributed by atoms with Gasteiger partial charge in [-0.1, -0.05) is 6.92 Å². The van der Waals surface area contributed by atoms with Crippen molar-refractivity contribution in [3.8, 4) is 0 Å². The van der Waals surface area contributed by atoms with Crippen molar-refractivity contribution < 1.29 is 14.7 Å². The average molecular weight is 256 g/mol. The van der Waals surface area contributed by atoms with Crippen LogP contribution in [0, 0.1) is 0 Å². The number of hydrogen-bond donors (Lipinski definition) is 2. The van der Waals surface area contributed by atoms with E-state index in [0.717, 1.165) is 19.3 Å². The van der Waals surface area contributed by atoms with Gasteiger partial charge in [-0.3, -0.25) is 9.59 Å². The number of aliphatic hydroxyl groups is 1. The number of likely N-dealkylation sites (tertiary alicyclic amines) is 1. The second-order valence-corrected chi connectivity index (χ2v) is 4.87. The summed E-state index contributed by atoms with van der Waals surface area (Å²) >= 11 is 0. The van der Waals surface area contributed by atoms with Crippen LogP contribution in [-0.4, -0.2) is 47.1 Å². The van der Waals surface area contributed by atoms with E-state index < -0.39 is 0 Å². The number of rotatable bonds is 5. The molecule has 0 radical (unpaired) electrons. The molecule has 2 atom stereocenters. The molecule has 5 nitrogen and oxygen atoms in total. The number of piperidine rings is 1. The highest BCUT2D eigenvalue weighted by atomic mass is 16.3. The number of carbonyl (C=O) groups excluding carboxylic acids is 2. The lowest BCUT2D eigenvalue weighted by atomic mass is 10.0. The first-order chi connectivity index (χ1) is 8.60. The highest BCUT2D eigenvalue weighted by Gasteiger charge is 2.31. The Balaban J connectivity index is 2.59. The number of nitrogens with zero attached hydrogens (tertiary/aromatic N) is 1. The van der Waals surface area contributed by atoms with E-state index in [4.69, 9.17) is 5.11 Å². The minimum absolute atomic E-state index is 0.0460. The third-order valence-electron chi connectivity index (χ3n) is 3.38. The number of amides is 2. The maximum absolute atomic E-state index is 12.1. The molecule has 0 aliphatic carbocycles. The smallest absolute Gasteiger partial charge is 0.243 e. The molecular formula is C13H24N2O3. The second-order valence-electron chi connectivity index (χ2n) is 4.87. The molecule has 2 unspecified atom stereocenters. The van der Waals surface area contributed by atoms with Gasteiger partial charge in [-0.05, 0) is 32.6 Å². The standard InChI is InChI=1S/C13H24N2O3/c1-3-12(17)15-8-5-4-6-11(15)13(18)14-10(2)7-9-16/h10-11,16H,3-9H2,1-2H3,(H,14,18). The molecule has 1 aliphatic rings. The molecule has 0 aromatic rings. The summed E-state index contributed by atoms with van der Waals surface area (Å²) in [6.07, 6.45) is 3.68. The Morgan fingerprint density at radius 1 is 1.44 bits per heavy atom. The number of nitrogens with one attached hydrogen (secondary N) is 1. The largest absolute Gasteiger partial charge is 0.396 e. The first-order valence-electron chi connectivity index (χ1n) is 6.80. The topological polar surface area (TPSA) is 69.6 Å². The Kier molecular flexibility index (Phi) is 6.12. The van der Waals surface area contributed by atoms with Crippen LogP contribution in [0.3, 0.4) is 0 Å². The first-order valence-corrected chi connectivity index (χ1v) is 6.80. The van der Waals surface area contributed by atoms with E-state index in [0.29, 0.717) is 19.4 Å². The molecule has 1 fully saturated rings. The van der Waals surface area contributed by atoms with Gasteiger partial charge in [0.05, 0.1) is 0 Å². The highest BCUT2D eigenvalue weighted by Crippen LogP contribution is 2.18. The van der Waals surface area contributed by atoms with E-state index in [-0.39, 0.29) is 30.5 Å². The Bertz CT molecular complexity index is 294. The second kappa shape index (κ2) is 7.36. The lowest BCUT2D eigenvalue weighted by molar-refractivity contribution is -0.142. The minimum Gasteiger partial charge on any atom is -0.396 e. The molecule has 0 saturated carbocycles. The maximum Gasteiger partial charge on any atom is 0.243 e. The van der Waals surface area contributed by atoms with Gasteiger partial charge in [0.1, 0.15) is 6.04 Å². The van der Waals surface area contributed by atoms with E-state index >= 15 is 0 Å². The molecule has 5 heteroatoms. The maximum atomic E-state index is 12.1. The van der Waals surface area contributed by atoms with Crippen LogP contribution in [0.2, 0.25) is 0 Å². The van der Waals surface area contributed by atoms with Crippen LogP contribution in [0.15, 0.2) is 0 Å². The Labute approximate surface area is 109 Å². The van der Waals surface area contributed by atoms with Gasteiger partial charge < -0.3 is 15.3 Å².